The predicted octanol–water partition coefficient (Wildman–Crippen LogP) is 5.20. The molecule has 6 rings (SSSR count). The van der Waals surface area contributed by atoms with Crippen LogP contribution in [0.2, 0.25) is 0 Å². The maximum Gasteiger partial charge on any atom is 0.393 e. The van der Waals surface area contributed by atoms with Gasteiger partial charge in [0, 0.05) is 80.7 Å². The molecule has 258 valence electrons. The highest BCUT2D eigenvalue weighted by Crippen LogP contribution is 2.38. The van der Waals surface area contributed by atoms with Gasteiger partial charge in [0.15, 0.2) is 0 Å². The standard InChI is InChI=1S/C33H41F3N8O2S2/c1-21-24(5-6-28-27(21)17-26(19-37)44(28)16-13-41-11-14-43(15-12-41)48(4,45)46)20-42-9-7-25(8-10-42)40-31-30-22(2)29(18-33(34,35)36)47-32(30)39-23(3)38-31/h5-6,17,25H,7-16,18,20H2,1-4H3,(H,38,39,40). The Morgan fingerprint density at radius 2 is 1.71 bits per heavy atom. The second kappa shape index (κ2) is 13.5. The maximum atomic E-state index is 13.2. The highest BCUT2D eigenvalue weighted by atomic mass is 32.2. The van der Waals surface area contributed by atoms with Gasteiger partial charge >= 0.3 is 6.18 Å². The van der Waals surface area contributed by atoms with E-state index in [4.69, 9.17) is 0 Å². The molecule has 2 aliphatic rings. The molecule has 3 aromatic heterocycles. The van der Waals surface area contributed by atoms with Gasteiger partial charge in [-0.2, -0.15) is 22.7 Å². The molecule has 0 spiro atoms. The largest absolute Gasteiger partial charge is 0.393 e. The van der Waals surface area contributed by atoms with E-state index in [1.54, 1.807) is 13.8 Å². The van der Waals surface area contributed by atoms with E-state index in [1.807, 2.05) is 6.07 Å². The summed E-state index contributed by atoms with van der Waals surface area (Å²) in [6.45, 7) is 11.8. The third-order valence-corrected chi connectivity index (χ3v) is 12.2. The fraction of sp³-hybridized carbons (Fsp3) is 0.545. The van der Waals surface area contributed by atoms with E-state index >= 15 is 0 Å². The number of hydrogen-bond donors (Lipinski definition) is 1. The molecule has 2 fully saturated rings. The van der Waals surface area contributed by atoms with Crippen molar-refractivity contribution < 1.29 is 21.6 Å². The van der Waals surface area contributed by atoms with Crippen molar-refractivity contribution in [2.75, 3.05) is 57.4 Å². The number of nitriles is 1. The van der Waals surface area contributed by atoms with Crippen molar-refractivity contribution >= 4 is 48.3 Å². The van der Waals surface area contributed by atoms with Crippen LogP contribution in [0.3, 0.4) is 0 Å². The summed E-state index contributed by atoms with van der Waals surface area (Å²) in [6.07, 6.45) is -2.24. The van der Waals surface area contributed by atoms with Crippen molar-refractivity contribution in [1.29, 1.82) is 5.26 Å². The highest BCUT2D eigenvalue weighted by Gasteiger charge is 2.31. The monoisotopic (exact) mass is 702 g/mol. The minimum absolute atomic E-state index is 0.147. The molecular weight excluding hydrogens is 662 g/mol. The number of aryl methyl sites for hydroxylation is 3. The lowest BCUT2D eigenvalue weighted by atomic mass is 10.0. The molecule has 48 heavy (non-hydrogen) atoms. The second-order valence-electron chi connectivity index (χ2n) is 13.0. The summed E-state index contributed by atoms with van der Waals surface area (Å²) < 4.78 is 66.9. The number of thiophene rings is 1. The Labute approximate surface area is 283 Å². The van der Waals surface area contributed by atoms with E-state index in [2.05, 4.69) is 54.8 Å². The zero-order valence-corrected chi connectivity index (χ0v) is 29.3. The van der Waals surface area contributed by atoms with Gasteiger partial charge < -0.3 is 9.88 Å². The quantitative estimate of drug-likeness (QED) is 0.254. The van der Waals surface area contributed by atoms with Crippen LogP contribution in [0.25, 0.3) is 21.1 Å². The molecule has 0 unspecified atom stereocenters. The van der Waals surface area contributed by atoms with Gasteiger partial charge in [-0.25, -0.2) is 18.4 Å². The van der Waals surface area contributed by atoms with E-state index in [-0.39, 0.29) is 10.9 Å². The number of alkyl halides is 3. The fourth-order valence-corrected chi connectivity index (χ4v) is 9.05. The molecule has 2 saturated heterocycles. The van der Waals surface area contributed by atoms with Crippen molar-refractivity contribution in [1.82, 2.24) is 28.6 Å². The summed E-state index contributed by atoms with van der Waals surface area (Å²) in [5.74, 6) is 1.15. The fourth-order valence-electron chi connectivity index (χ4n) is 6.97. The SMILES string of the molecule is Cc1nc(NC2CCN(Cc3ccc4c(cc(C#N)n4CCN4CCN(S(C)(=O)=O)CC4)c3C)CC2)c2c(C)c(CC(F)(F)F)sc2n1. The Balaban J connectivity index is 1.09. The normalized spacial score (nSPS) is 17.8. The summed E-state index contributed by atoms with van der Waals surface area (Å²) in [5, 5.41) is 15.2. The van der Waals surface area contributed by atoms with Gasteiger partial charge in [0.2, 0.25) is 10.0 Å². The number of nitrogens with one attached hydrogen (secondary N) is 1. The first kappa shape index (κ1) is 34.6. The Morgan fingerprint density at radius 1 is 1.00 bits per heavy atom. The minimum atomic E-state index is -4.28. The van der Waals surface area contributed by atoms with Gasteiger partial charge in [-0.05, 0) is 62.4 Å². The van der Waals surface area contributed by atoms with Gasteiger partial charge in [0.1, 0.15) is 28.2 Å². The predicted molar refractivity (Wildman–Crippen MR) is 183 cm³/mol. The molecule has 1 N–H and O–H groups in total. The first-order valence-corrected chi connectivity index (χ1v) is 18.9. The van der Waals surface area contributed by atoms with Gasteiger partial charge in [-0.3, -0.25) is 9.80 Å². The minimum Gasteiger partial charge on any atom is -0.367 e. The van der Waals surface area contributed by atoms with E-state index < -0.39 is 22.6 Å². The summed E-state index contributed by atoms with van der Waals surface area (Å²) in [4.78, 5) is 14.6. The smallest absolute Gasteiger partial charge is 0.367 e. The summed E-state index contributed by atoms with van der Waals surface area (Å²) in [6, 6.07) is 8.75. The van der Waals surface area contributed by atoms with Gasteiger partial charge in [0.25, 0.3) is 0 Å². The molecule has 5 heterocycles. The van der Waals surface area contributed by atoms with Crippen molar-refractivity contribution in [3.63, 3.8) is 0 Å². The van der Waals surface area contributed by atoms with E-state index in [0.29, 0.717) is 65.8 Å². The summed E-state index contributed by atoms with van der Waals surface area (Å²) >= 11 is 1.10. The average molecular weight is 703 g/mol. The molecule has 15 heteroatoms. The lowest BCUT2D eigenvalue weighted by molar-refractivity contribution is -0.126. The molecule has 1 aromatic carbocycles. The molecule has 0 atom stereocenters. The third-order valence-electron chi connectivity index (χ3n) is 9.71. The Morgan fingerprint density at radius 3 is 2.35 bits per heavy atom. The number of rotatable bonds is 9. The Hall–Kier alpha value is -3.29. The number of sulfonamides is 1. The molecule has 0 saturated carbocycles. The van der Waals surface area contributed by atoms with Crippen LogP contribution < -0.4 is 5.32 Å². The number of halogens is 3. The first-order valence-electron chi connectivity index (χ1n) is 16.2. The molecule has 10 nitrogen and oxygen atoms in total. The molecule has 0 aliphatic carbocycles. The molecule has 0 bridgehead atoms. The van der Waals surface area contributed by atoms with Crippen LogP contribution in [0.15, 0.2) is 18.2 Å². The van der Waals surface area contributed by atoms with Crippen molar-refractivity contribution in [2.45, 2.75) is 65.3 Å². The van der Waals surface area contributed by atoms with Crippen LogP contribution in [-0.2, 0) is 29.5 Å². The number of benzene rings is 1. The number of hydrogen-bond acceptors (Lipinski definition) is 9. The Bertz CT molecular complexity index is 1970. The third kappa shape index (κ3) is 7.47. The lowest BCUT2D eigenvalue weighted by Gasteiger charge is -2.33. The second-order valence-corrected chi connectivity index (χ2v) is 16.1. The Kier molecular flexibility index (Phi) is 9.76. The molecule has 0 amide bonds. The van der Waals surface area contributed by atoms with E-state index in [9.17, 15) is 26.9 Å². The van der Waals surface area contributed by atoms with Crippen molar-refractivity contribution in [3.05, 3.63) is 51.3 Å². The van der Waals surface area contributed by atoms with Gasteiger partial charge in [-0.15, -0.1) is 11.3 Å². The highest BCUT2D eigenvalue weighted by molar-refractivity contribution is 7.88. The van der Waals surface area contributed by atoms with E-state index in [0.717, 1.165) is 66.8 Å². The van der Waals surface area contributed by atoms with Crippen molar-refractivity contribution in [2.24, 2.45) is 0 Å². The number of anilines is 1. The molecule has 4 aromatic rings. The zero-order chi connectivity index (χ0) is 34.4. The van der Waals surface area contributed by atoms with E-state index in [1.165, 1.54) is 16.1 Å². The average Bonchev–Trinajstić information content (AvgIpc) is 3.53. The van der Waals surface area contributed by atoms with Gasteiger partial charge in [0.05, 0.1) is 18.1 Å². The summed E-state index contributed by atoms with van der Waals surface area (Å²) in [7, 11) is -3.18. The van der Waals surface area contributed by atoms with Crippen molar-refractivity contribution in [3.8, 4) is 6.07 Å². The molecular formula is C33H41F3N8O2S2. The first-order chi connectivity index (χ1) is 22.7. The molecule has 0 radical (unpaired) electrons. The number of fused-ring (bicyclic) bond motifs is 2. The topological polar surface area (TPSA) is 110 Å². The number of likely N-dealkylation sites (tertiary alicyclic amines) is 1. The zero-order valence-electron chi connectivity index (χ0n) is 27.7. The van der Waals surface area contributed by atoms with Crippen LogP contribution in [0, 0.1) is 32.1 Å². The van der Waals surface area contributed by atoms with Gasteiger partial charge in [-0.1, -0.05) is 6.07 Å². The van der Waals surface area contributed by atoms with Crippen LogP contribution >= 0.6 is 11.3 Å². The van der Waals surface area contributed by atoms with Crippen LogP contribution in [0.4, 0.5) is 19.0 Å². The molecule has 2 aliphatic heterocycles. The maximum absolute atomic E-state index is 13.2. The number of piperidine rings is 1. The van der Waals surface area contributed by atoms with Crippen LogP contribution in [-0.4, -0.2) is 101 Å². The van der Waals surface area contributed by atoms with Crippen LogP contribution in [0.1, 0.15) is 45.9 Å². The lowest BCUT2D eigenvalue weighted by Crippen LogP contribution is -2.48. The number of piperazine rings is 1. The summed E-state index contributed by atoms with van der Waals surface area (Å²) in [5.41, 5.74) is 4.61. The van der Waals surface area contributed by atoms with Crippen LogP contribution in [0.5, 0.6) is 0 Å². The number of nitrogens with zero attached hydrogens (tertiary/aromatic N) is 7. The number of aromatic nitrogens is 3.